The summed E-state index contributed by atoms with van der Waals surface area (Å²) in [4.78, 5) is 2.34. The van der Waals surface area contributed by atoms with E-state index in [0.717, 1.165) is 55.8 Å². The number of rotatable bonds is 7. The highest BCUT2D eigenvalue weighted by Crippen LogP contribution is 2.40. The average Bonchev–Trinajstić information content (AvgIpc) is 3.88. The second-order valence-electron chi connectivity index (χ2n) is 15.7. The lowest BCUT2D eigenvalue weighted by Crippen LogP contribution is -2.10. The highest BCUT2D eigenvalue weighted by atomic mass is 16.3. The van der Waals surface area contributed by atoms with E-state index in [1.54, 1.807) is 0 Å². The minimum absolute atomic E-state index is 0.899. The maximum atomic E-state index is 6.25. The van der Waals surface area contributed by atoms with Crippen molar-refractivity contribution in [1.29, 1.82) is 0 Å². The van der Waals surface area contributed by atoms with Gasteiger partial charge in [0.2, 0.25) is 0 Å². The van der Waals surface area contributed by atoms with E-state index in [0.29, 0.717) is 0 Å². The predicted octanol–water partition coefficient (Wildman–Crippen LogP) is 16.3. The summed E-state index contributed by atoms with van der Waals surface area (Å²) in [6.07, 6.45) is 0. The van der Waals surface area contributed by atoms with Gasteiger partial charge >= 0.3 is 0 Å². The molecule has 0 unspecified atom stereocenters. The van der Waals surface area contributed by atoms with Gasteiger partial charge in [-0.1, -0.05) is 152 Å². The van der Waals surface area contributed by atoms with Crippen LogP contribution in [0.5, 0.6) is 0 Å². The molecule has 0 amide bonds. The third-order valence-corrected chi connectivity index (χ3v) is 12.2. The van der Waals surface area contributed by atoms with Crippen molar-refractivity contribution in [3.05, 3.63) is 231 Å². The Hall–Kier alpha value is -8.14. The van der Waals surface area contributed by atoms with E-state index < -0.39 is 0 Å². The molecule has 2 aromatic heterocycles. The highest BCUT2D eigenvalue weighted by Gasteiger charge is 2.17. The smallest absolute Gasteiger partial charge is 0.136 e. The summed E-state index contributed by atoms with van der Waals surface area (Å²) in [6.45, 7) is 0. The first-order valence-electron chi connectivity index (χ1n) is 20.8. The highest BCUT2D eigenvalue weighted by molar-refractivity contribution is 6.09. The van der Waals surface area contributed by atoms with Crippen molar-refractivity contribution in [2.45, 2.75) is 0 Å². The minimum atomic E-state index is 0.899. The first-order valence-corrected chi connectivity index (χ1v) is 20.8. The Morgan fingerprint density at radius 1 is 0.311 bits per heavy atom. The van der Waals surface area contributed by atoms with Crippen molar-refractivity contribution in [3.63, 3.8) is 0 Å². The second kappa shape index (κ2) is 14.3. The van der Waals surface area contributed by atoms with Gasteiger partial charge in [0.15, 0.2) is 0 Å². The molecule has 0 aliphatic heterocycles. The van der Waals surface area contributed by atoms with Crippen LogP contribution in [0.4, 0.5) is 17.1 Å². The van der Waals surface area contributed by atoms with Gasteiger partial charge in [-0.15, -0.1) is 0 Å². The number of hydrogen-bond acceptors (Lipinski definition) is 2. The van der Waals surface area contributed by atoms with Crippen molar-refractivity contribution in [2.24, 2.45) is 0 Å². The summed E-state index contributed by atoms with van der Waals surface area (Å²) in [7, 11) is 0. The fraction of sp³-hybridized carbons (Fsp3) is 0. The summed E-state index contributed by atoms with van der Waals surface area (Å²) >= 11 is 0. The third-order valence-electron chi connectivity index (χ3n) is 12.2. The SMILES string of the molecule is c1ccc2c(-c3ccc(-c4ccc(N(c5ccc(-c6ccc7c(c6)oc6ccccc67)cc5)c5ccc(-n6c7ccccc7c7ccccc76)cc5)cc4)cc3)cccc2c1. The van der Waals surface area contributed by atoms with E-state index in [1.165, 1.54) is 54.8 Å². The third kappa shape index (κ3) is 5.98. The lowest BCUT2D eigenvalue weighted by atomic mass is 9.96. The first-order chi connectivity index (χ1) is 30.2. The van der Waals surface area contributed by atoms with Crippen LogP contribution in [0.3, 0.4) is 0 Å². The molecule has 61 heavy (non-hydrogen) atoms. The van der Waals surface area contributed by atoms with Crippen LogP contribution in [-0.2, 0) is 0 Å². The van der Waals surface area contributed by atoms with Crippen molar-refractivity contribution >= 4 is 71.6 Å². The molecule has 0 saturated heterocycles. The van der Waals surface area contributed by atoms with Crippen LogP contribution in [0.15, 0.2) is 235 Å². The van der Waals surface area contributed by atoms with Crippen LogP contribution in [0, 0.1) is 0 Å². The molecular weight excluding hydrogens is 741 g/mol. The molecule has 12 rings (SSSR count). The molecule has 0 N–H and O–H groups in total. The van der Waals surface area contributed by atoms with Gasteiger partial charge in [0.05, 0.1) is 11.0 Å². The summed E-state index contributed by atoms with van der Waals surface area (Å²) in [5.41, 5.74) is 15.6. The van der Waals surface area contributed by atoms with Crippen LogP contribution in [0.25, 0.3) is 93.6 Å². The fourth-order valence-corrected chi connectivity index (χ4v) is 9.23. The Labute approximate surface area is 353 Å². The van der Waals surface area contributed by atoms with Crippen molar-refractivity contribution in [2.75, 3.05) is 4.90 Å². The topological polar surface area (TPSA) is 21.3 Å². The summed E-state index contributed by atoms with van der Waals surface area (Å²) in [6, 6.07) is 82.9. The number of aromatic nitrogens is 1. The Balaban J connectivity index is 0.910. The lowest BCUT2D eigenvalue weighted by molar-refractivity contribution is 0.669. The largest absolute Gasteiger partial charge is 0.456 e. The van der Waals surface area contributed by atoms with Gasteiger partial charge < -0.3 is 13.9 Å². The Morgan fingerprint density at radius 2 is 0.770 bits per heavy atom. The van der Waals surface area contributed by atoms with Crippen molar-refractivity contribution < 1.29 is 4.42 Å². The summed E-state index contributed by atoms with van der Waals surface area (Å²) < 4.78 is 8.62. The van der Waals surface area contributed by atoms with E-state index >= 15 is 0 Å². The molecular formula is C58H38N2O. The monoisotopic (exact) mass is 778 g/mol. The van der Waals surface area contributed by atoms with E-state index in [-0.39, 0.29) is 0 Å². The zero-order valence-electron chi connectivity index (χ0n) is 33.2. The Bertz CT molecular complexity index is 3500. The number of benzene rings is 10. The molecule has 2 heterocycles. The van der Waals surface area contributed by atoms with Gasteiger partial charge in [-0.3, -0.25) is 0 Å². The number of nitrogens with zero attached hydrogens (tertiary/aromatic N) is 2. The van der Waals surface area contributed by atoms with Gasteiger partial charge in [0.25, 0.3) is 0 Å². The molecule has 0 aliphatic carbocycles. The Kier molecular flexibility index (Phi) is 8.17. The van der Waals surface area contributed by atoms with Crippen LogP contribution in [0.2, 0.25) is 0 Å². The fourth-order valence-electron chi connectivity index (χ4n) is 9.23. The number of hydrogen-bond donors (Lipinski definition) is 0. The number of furan rings is 1. The molecule has 0 aliphatic rings. The zero-order valence-corrected chi connectivity index (χ0v) is 33.2. The number of para-hydroxylation sites is 3. The molecule has 10 aromatic carbocycles. The molecule has 0 spiro atoms. The van der Waals surface area contributed by atoms with Crippen LogP contribution >= 0.6 is 0 Å². The quantitative estimate of drug-likeness (QED) is 0.161. The van der Waals surface area contributed by atoms with Crippen LogP contribution < -0.4 is 4.90 Å². The Morgan fingerprint density at radius 3 is 1.43 bits per heavy atom. The van der Waals surface area contributed by atoms with E-state index in [1.807, 2.05) is 12.1 Å². The summed E-state index contributed by atoms with van der Waals surface area (Å²) in [5, 5.41) is 7.31. The average molecular weight is 779 g/mol. The van der Waals surface area contributed by atoms with Gasteiger partial charge in [-0.25, -0.2) is 0 Å². The summed E-state index contributed by atoms with van der Waals surface area (Å²) in [5.74, 6) is 0. The molecule has 0 saturated carbocycles. The predicted molar refractivity (Wildman–Crippen MR) is 257 cm³/mol. The molecule has 12 aromatic rings. The second-order valence-corrected chi connectivity index (χ2v) is 15.7. The van der Waals surface area contributed by atoms with Gasteiger partial charge in [0.1, 0.15) is 11.2 Å². The molecule has 3 nitrogen and oxygen atoms in total. The molecule has 0 radical (unpaired) electrons. The first kappa shape index (κ1) is 34.9. The standard InChI is InChI=1S/C58H38N2O/c1-2-12-49-42(10-1)11-9-16-50(49)43-22-20-39(21-23-43)40-24-29-45(30-25-40)59(46-31-26-41(27-32-46)44-28-37-54-53-15-5-8-19-57(53)61-58(54)38-44)47-33-35-48(36-34-47)60-55-17-6-3-13-51(55)52-14-4-7-18-56(52)60/h1-38H. The van der Waals surface area contributed by atoms with E-state index in [2.05, 4.69) is 228 Å². The molecule has 286 valence electrons. The van der Waals surface area contributed by atoms with Crippen LogP contribution in [-0.4, -0.2) is 4.57 Å². The number of fused-ring (bicyclic) bond motifs is 7. The van der Waals surface area contributed by atoms with Crippen molar-refractivity contribution in [3.8, 4) is 39.1 Å². The van der Waals surface area contributed by atoms with E-state index in [9.17, 15) is 0 Å². The maximum Gasteiger partial charge on any atom is 0.136 e. The maximum absolute atomic E-state index is 6.25. The van der Waals surface area contributed by atoms with Gasteiger partial charge in [0, 0.05) is 44.3 Å². The lowest BCUT2D eigenvalue weighted by Gasteiger charge is -2.26. The van der Waals surface area contributed by atoms with Gasteiger partial charge in [-0.2, -0.15) is 0 Å². The van der Waals surface area contributed by atoms with E-state index in [4.69, 9.17) is 4.42 Å². The molecule has 0 bridgehead atoms. The zero-order chi connectivity index (χ0) is 40.3. The minimum Gasteiger partial charge on any atom is -0.456 e. The molecule has 3 heteroatoms. The number of anilines is 3. The van der Waals surface area contributed by atoms with Gasteiger partial charge in [-0.05, 0) is 123 Å². The normalized spacial score (nSPS) is 11.6. The van der Waals surface area contributed by atoms with Crippen molar-refractivity contribution in [1.82, 2.24) is 4.57 Å². The molecule has 0 fully saturated rings. The molecule has 0 atom stereocenters. The van der Waals surface area contributed by atoms with Crippen LogP contribution in [0.1, 0.15) is 0 Å².